The van der Waals surface area contributed by atoms with Crippen LogP contribution in [-0.2, 0) is 7.05 Å². The van der Waals surface area contributed by atoms with Crippen molar-refractivity contribution in [2.75, 3.05) is 17.2 Å². The van der Waals surface area contributed by atoms with Crippen LogP contribution in [-0.4, -0.2) is 22.2 Å². The number of carbonyl (C=O) groups is 1. The van der Waals surface area contributed by atoms with Crippen molar-refractivity contribution in [3.8, 4) is 0 Å². The monoisotopic (exact) mass is 258 g/mol. The number of hydrogen-bond donors (Lipinski definition) is 2. The van der Waals surface area contributed by atoms with E-state index < -0.39 is 0 Å². The van der Waals surface area contributed by atoms with Gasteiger partial charge >= 0.3 is 0 Å². The van der Waals surface area contributed by atoms with Gasteiger partial charge in [-0.2, -0.15) is 5.10 Å². The second-order valence-electron chi connectivity index (χ2n) is 4.30. The molecule has 1 heterocycles. The lowest BCUT2D eigenvalue weighted by atomic mass is 10.1. The van der Waals surface area contributed by atoms with Gasteiger partial charge in [0.05, 0.1) is 5.56 Å². The zero-order valence-corrected chi connectivity index (χ0v) is 11.2. The summed E-state index contributed by atoms with van der Waals surface area (Å²) in [6.45, 7) is 2.93. The van der Waals surface area contributed by atoms with Crippen LogP contribution in [0.1, 0.15) is 23.7 Å². The molecule has 2 aromatic rings. The molecule has 5 heteroatoms. The molecular formula is C14H18N4O. The van der Waals surface area contributed by atoms with Crippen LogP contribution in [0.3, 0.4) is 0 Å². The van der Waals surface area contributed by atoms with E-state index in [0.29, 0.717) is 11.4 Å². The number of anilines is 2. The van der Waals surface area contributed by atoms with Crippen LogP contribution in [0.15, 0.2) is 36.5 Å². The van der Waals surface area contributed by atoms with Crippen molar-refractivity contribution in [3.63, 3.8) is 0 Å². The second-order valence-corrected chi connectivity index (χ2v) is 4.30. The van der Waals surface area contributed by atoms with E-state index in [-0.39, 0.29) is 5.91 Å². The molecule has 1 aromatic carbocycles. The first kappa shape index (κ1) is 13.1. The molecule has 2 N–H and O–H groups in total. The Balaban J connectivity index is 2.14. The summed E-state index contributed by atoms with van der Waals surface area (Å²) in [4.78, 5) is 12.2. The van der Waals surface area contributed by atoms with Gasteiger partial charge in [0.2, 0.25) is 0 Å². The Morgan fingerprint density at radius 2 is 2.11 bits per heavy atom. The Morgan fingerprint density at radius 1 is 1.32 bits per heavy atom. The third-order valence-corrected chi connectivity index (χ3v) is 2.69. The lowest BCUT2D eigenvalue weighted by molar-refractivity contribution is 0.102. The Bertz CT molecular complexity index is 562. The van der Waals surface area contributed by atoms with E-state index in [9.17, 15) is 4.79 Å². The molecule has 19 heavy (non-hydrogen) atoms. The first-order valence-electron chi connectivity index (χ1n) is 6.34. The number of aryl methyl sites for hydroxylation is 1. The van der Waals surface area contributed by atoms with Gasteiger partial charge < -0.3 is 10.6 Å². The average molecular weight is 258 g/mol. The number of nitrogens with zero attached hydrogens (tertiary/aromatic N) is 2. The number of carbonyl (C=O) groups excluding carboxylic acids is 1. The summed E-state index contributed by atoms with van der Waals surface area (Å²) in [7, 11) is 1.81. The molecule has 2 rings (SSSR count). The summed E-state index contributed by atoms with van der Waals surface area (Å²) >= 11 is 0. The van der Waals surface area contributed by atoms with Crippen molar-refractivity contribution in [3.05, 3.63) is 42.1 Å². The molecular weight excluding hydrogens is 240 g/mol. The van der Waals surface area contributed by atoms with E-state index >= 15 is 0 Å². The molecule has 0 bridgehead atoms. The molecule has 1 aromatic heterocycles. The molecule has 1 amide bonds. The fourth-order valence-corrected chi connectivity index (χ4v) is 1.76. The van der Waals surface area contributed by atoms with Crippen molar-refractivity contribution in [1.29, 1.82) is 0 Å². The molecule has 100 valence electrons. The van der Waals surface area contributed by atoms with Gasteiger partial charge in [0.15, 0.2) is 5.82 Å². The number of amides is 1. The van der Waals surface area contributed by atoms with Crippen molar-refractivity contribution in [2.45, 2.75) is 13.3 Å². The van der Waals surface area contributed by atoms with Crippen molar-refractivity contribution in [2.24, 2.45) is 7.05 Å². The van der Waals surface area contributed by atoms with Crippen LogP contribution in [0.5, 0.6) is 0 Å². The maximum absolute atomic E-state index is 12.2. The fraction of sp³-hybridized carbons (Fsp3) is 0.286. The normalized spacial score (nSPS) is 10.2. The molecule has 0 aliphatic carbocycles. The molecule has 0 spiro atoms. The van der Waals surface area contributed by atoms with E-state index in [0.717, 1.165) is 18.7 Å². The maximum Gasteiger partial charge on any atom is 0.258 e. The van der Waals surface area contributed by atoms with Crippen LogP contribution in [0.4, 0.5) is 11.5 Å². The number of benzene rings is 1. The Labute approximate surface area is 112 Å². The number of aromatic nitrogens is 2. The Morgan fingerprint density at radius 3 is 2.79 bits per heavy atom. The van der Waals surface area contributed by atoms with E-state index in [4.69, 9.17) is 0 Å². The van der Waals surface area contributed by atoms with E-state index in [1.807, 2.05) is 25.2 Å². The minimum absolute atomic E-state index is 0.155. The summed E-state index contributed by atoms with van der Waals surface area (Å²) in [5, 5.41) is 10.2. The number of rotatable bonds is 5. The standard InChI is InChI=1S/C14H18N4O/c1-3-9-15-12-7-5-4-6-11(12)14(19)16-13-8-10-18(2)17-13/h4-8,10,15H,3,9H2,1-2H3,(H,16,17,19). The zero-order valence-electron chi connectivity index (χ0n) is 11.2. The summed E-state index contributed by atoms with van der Waals surface area (Å²) in [5.41, 5.74) is 1.47. The summed E-state index contributed by atoms with van der Waals surface area (Å²) in [5.74, 6) is 0.399. The first-order chi connectivity index (χ1) is 9.20. The minimum atomic E-state index is -0.155. The highest BCUT2D eigenvalue weighted by Crippen LogP contribution is 2.16. The van der Waals surface area contributed by atoms with E-state index in [1.165, 1.54) is 0 Å². The third-order valence-electron chi connectivity index (χ3n) is 2.69. The number of hydrogen-bond acceptors (Lipinski definition) is 3. The van der Waals surface area contributed by atoms with Crippen LogP contribution >= 0.6 is 0 Å². The largest absolute Gasteiger partial charge is 0.384 e. The molecule has 0 unspecified atom stereocenters. The first-order valence-corrected chi connectivity index (χ1v) is 6.34. The highest BCUT2D eigenvalue weighted by atomic mass is 16.1. The van der Waals surface area contributed by atoms with Gasteiger partial charge in [0.1, 0.15) is 0 Å². The summed E-state index contributed by atoms with van der Waals surface area (Å²) in [6.07, 6.45) is 2.80. The quantitative estimate of drug-likeness (QED) is 0.866. The fourth-order valence-electron chi connectivity index (χ4n) is 1.76. The van der Waals surface area contributed by atoms with E-state index in [1.54, 1.807) is 23.0 Å². The smallest absolute Gasteiger partial charge is 0.258 e. The summed E-state index contributed by atoms with van der Waals surface area (Å²) in [6, 6.07) is 9.24. The van der Waals surface area contributed by atoms with Gasteiger partial charge in [-0.1, -0.05) is 19.1 Å². The molecule has 0 radical (unpaired) electrons. The predicted molar refractivity (Wildman–Crippen MR) is 76.4 cm³/mol. The van der Waals surface area contributed by atoms with Gasteiger partial charge in [0.25, 0.3) is 5.91 Å². The van der Waals surface area contributed by atoms with Crippen LogP contribution < -0.4 is 10.6 Å². The van der Waals surface area contributed by atoms with Gasteiger partial charge in [0, 0.05) is 31.5 Å². The number of nitrogens with one attached hydrogen (secondary N) is 2. The van der Waals surface area contributed by atoms with Gasteiger partial charge in [-0.15, -0.1) is 0 Å². The minimum Gasteiger partial charge on any atom is -0.384 e. The molecule has 0 aliphatic rings. The van der Waals surface area contributed by atoms with Gasteiger partial charge in [-0.05, 0) is 18.6 Å². The Kier molecular flexibility index (Phi) is 4.18. The summed E-state index contributed by atoms with van der Waals surface area (Å²) < 4.78 is 1.65. The van der Waals surface area contributed by atoms with Crippen LogP contribution in [0.25, 0.3) is 0 Å². The van der Waals surface area contributed by atoms with Crippen molar-refractivity contribution in [1.82, 2.24) is 9.78 Å². The average Bonchev–Trinajstić information content (AvgIpc) is 2.82. The highest BCUT2D eigenvalue weighted by Gasteiger charge is 2.11. The molecule has 0 atom stereocenters. The maximum atomic E-state index is 12.2. The van der Waals surface area contributed by atoms with Crippen molar-refractivity contribution >= 4 is 17.4 Å². The second kappa shape index (κ2) is 6.04. The topological polar surface area (TPSA) is 59.0 Å². The van der Waals surface area contributed by atoms with Crippen LogP contribution in [0, 0.1) is 0 Å². The zero-order chi connectivity index (χ0) is 13.7. The van der Waals surface area contributed by atoms with Crippen molar-refractivity contribution < 1.29 is 4.79 Å². The molecule has 0 aliphatic heterocycles. The molecule has 5 nitrogen and oxygen atoms in total. The third kappa shape index (κ3) is 3.34. The molecule has 0 saturated heterocycles. The number of para-hydroxylation sites is 1. The SMILES string of the molecule is CCCNc1ccccc1C(=O)Nc1ccn(C)n1. The van der Waals surface area contributed by atoms with Gasteiger partial charge in [-0.25, -0.2) is 0 Å². The Hall–Kier alpha value is -2.30. The lowest BCUT2D eigenvalue weighted by Gasteiger charge is -2.10. The molecule has 0 saturated carbocycles. The lowest BCUT2D eigenvalue weighted by Crippen LogP contribution is -2.15. The van der Waals surface area contributed by atoms with Gasteiger partial charge in [-0.3, -0.25) is 9.48 Å². The van der Waals surface area contributed by atoms with E-state index in [2.05, 4.69) is 22.7 Å². The van der Waals surface area contributed by atoms with Crippen LogP contribution in [0.2, 0.25) is 0 Å². The molecule has 0 fully saturated rings. The highest BCUT2D eigenvalue weighted by molar-refractivity contribution is 6.07. The predicted octanol–water partition coefficient (Wildman–Crippen LogP) is 2.49.